The molecule has 2 heteroatoms. The largest absolute Gasteiger partial charge is 0.312 e. The number of nitrogens with one attached hydrogen (secondary N) is 1. The van der Waals surface area contributed by atoms with Crippen molar-refractivity contribution in [1.82, 2.24) is 5.32 Å². The summed E-state index contributed by atoms with van der Waals surface area (Å²) < 4.78 is 0. The molecule has 15 heavy (non-hydrogen) atoms. The summed E-state index contributed by atoms with van der Waals surface area (Å²) in [5.41, 5.74) is 0. The molecule has 86 valence electrons. The van der Waals surface area contributed by atoms with Gasteiger partial charge in [0.1, 0.15) is 0 Å². The van der Waals surface area contributed by atoms with E-state index in [1.807, 2.05) is 11.3 Å². The highest BCUT2D eigenvalue weighted by atomic mass is 32.1. The summed E-state index contributed by atoms with van der Waals surface area (Å²) in [6, 6.07) is 4.32. The van der Waals surface area contributed by atoms with Gasteiger partial charge in [0.25, 0.3) is 0 Å². The third-order valence-electron chi connectivity index (χ3n) is 2.86. The standard InChI is InChI=1S/C13H23NS/c1-3-5-7-12(4-2)10-14-11-13-8-6-9-15-13/h6,8-9,12,14H,3-5,7,10-11H2,1-2H3. The van der Waals surface area contributed by atoms with Crippen LogP contribution in [0.4, 0.5) is 0 Å². The van der Waals surface area contributed by atoms with Crippen LogP contribution in [0.5, 0.6) is 0 Å². The molecule has 1 aromatic heterocycles. The van der Waals surface area contributed by atoms with Crippen LogP contribution in [0, 0.1) is 5.92 Å². The van der Waals surface area contributed by atoms with E-state index in [1.165, 1.54) is 37.1 Å². The van der Waals surface area contributed by atoms with Crippen molar-refractivity contribution in [2.45, 2.75) is 46.1 Å². The second-order valence-electron chi connectivity index (χ2n) is 4.13. The average Bonchev–Trinajstić information content (AvgIpc) is 2.76. The Kier molecular flexibility index (Phi) is 6.69. The lowest BCUT2D eigenvalue weighted by Crippen LogP contribution is -2.21. The zero-order valence-corrected chi connectivity index (χ0v) is 10.8. The molecule has 0 amide bonds. The number of hydrogen-bond acceptors (Lipinski definition) is 2. The van der Waals surface area contributed by atoms with Crippen molar-refractivity contribution >= 4 is 11.3 Å². The van der Waals surface area contributed by atoms with Gasteiger partial charge in [-0.3, -0.25) is 0 Å². The molecule has 0 saturated carbocycles. The minimum Gasteiger partial charge on any atom is -0.312 e. The highest BCUT2D eigenvalue weighted by molar-refractivity contribution is 7.09. The van der Waals surface area contributed by atoms with E-state index in [-0.39, 0.29) is 0 Å². The Morgan fingerprint density at radius 2 is 2.27 bits per heavy atom. The maximum absolute atomic E-state index is 3.56. The van der Waals surface area contributed by atoms with Crippen LogP contribution in [0.3, 0.4) is 0 Å². The summed E-state index contributed by atoms with van der Waals surface area (Å²) >= 11 is 1.84. The summed E-state index contributed by atoms with van der Waals surface area (Å²) in [7, 11) is 0. The lowest BCUT2D eigenvalue weighted by Gasteiger charge is -2.14. The Morgan fingerprint density at radius 3 is 2.87 bits per heavy atom. The van der Waals surface area contributed by atoms with Crippen LogP contribution in [0.15, 0.2) is 17.5 Å². The van der Waals surface area contributed by atoms with Gasteiger partial charge in [0.05, 0.1) is 0 Å². The molecule has 0 saturated heterocycles. The summed E-state index contributed by atoms with van der Waals surface area (Å²) in [6.07, 6.45) is 5.38. The molecule has 0 aliphatic heterocycles. The van der Waals surface area contributed by atoms with E-state index < -0.39 is 0 Å². The van der Waals surface area contributed by atoms with E-state index in [9.17, 15) is 0 Å². The first-order chi connectivity index (χ1) is 7.36. The first kappa shape index (κ1) is 12.7. The predicted octanol–water partition coefficient (Wildman–Crippen LogP) is 4.05. The maximum atomic E-state index is 3.56. The third-order valence-corrected chi connectivity index (χ3v) is 3.73. The van der Waals surface area contributed by atoms with Gasteiger partial charge >= 0.3 is 0 Å². The number of unbranched alkanes of at least 4 members (excludes halogenated alkanes) is 1. The average molecular weight is 225 g/mol. The fourth-order valence-corrected chi connectivity index (χ4v) is 2.43. The molecule has 1 N–H and O–H groups in total. The van der Waals surface area contributed by atoms with Gasteiger partial charge < -0.3 is 5.32 Å². The Bertz CT molecular complexity index is 231. The monoisotopic (exact) mass is 225 g/mol. The van der Waals surface area contributed by atoms with E-state index in [4.69, 9.17) is 0 Å². The first-order valence-electron chi connectivity index (χ1n) is 6.09. The molecule has 1 rings (SSSR count). The molecule has 0 aliphatic carbocycles. The Hall–Kier alpha value is -0.340. The summed E-state index contributed by atoms with van der Waals surface area (Å²) in [5, 5.41) is 5.70. The molecule has 1 unspecified atom stereocenters. The van der Waals surface area contributed by atoms with Crippen LogP contribution < -0.4 is 5.32 Å². The Balaban J connectivity index is 2.11. The molecule has 0 bridgehead atoms. The van der Waals surface area contributed by atoms with E-state index in [1.54, 1.807) is 0 Å². The van der Waals surface area contributed by atoms with Crippen molar-refractivity contribution in [3.63, 3.8) is 0 Å². The quantitative estimate of drug-likeness (QED) is 0.703. The van der Waals surface area contributed by atoms with Crippen molar-refractivity contribution in [1.29, 1.82) is 0 Å². The molecule has 0 spiro atoms. The van der Waals surface area contributed by atoms with E-state index >= 15 is 0 Å². The van der Waals surface area contributed by atoms with Gasteiger partial charge in [0, 0.05) is 11.4 Å². The fraction of sp³-hybridized carbons (Fsp3) is 0.692. The van der Waals surface area contributed by atoms with Crippen molar-refractivity contribution in [2.24, 2.45) is 5.92 Å². The molecule has 0 aromatic carbocycles. The molecule has 1 aromatic rings. The number of hydrogen-bond donors (Lipinski definition) is 1. The van der Waals surface area contributed by atoms with Crippen LogP contribution in [0.25, 0.3) is 0 Å². The van der Waals surface area contributed by atoms with Crippen molar-refractivity contribution in [2.75, 3.05) is 6.54 Å². The zero-order chi connectivity index (χ0) is 10.9. The van der Waals surface area contributed by atoms with E-state index in [0.717, 1.165) is 12.5 Å². The fourth-order valence-electron chi connectivity index (χ4n) is 1.76. The molecule has 0 fully saturated rings. The minimum atomic E-state index is 0.866. The zero-order valence-electron chi connectivity index (χ0n) is 9.96. The van der Waals surface area contributed by atoms with Crippen molar-refractivity contribution < 1.29 is 0 Å². The van der Waals surface area contributed by atoms with Gasteiger partial charge in [-0.25, -0.2) is 0 Å². The molecular formula is C13H23NS. The smallest absolute Gasteiger partial charge is 0.0299 e. The van der Waals surface area contributed by atoms with Crippen LogP contribution in [0.1, 0.15) is 44.4 Å². The molecule has 1 atom stereocenters. The van der Waals surface area contributed by atoms with Crippen LogP contribution >= 0.6 is 11.3 Å². The van der Waals surface area contributed by atoms with Gasteiger partial charge in [-0.1, -0.05) is 39.2 Å². The summed E-state index contributed by atoms with van der Waals surface area (Å²) in [6.45, 7) is 6.79. The Labute approximate surface area is 97.9 Å². The van der Waals surface area contributed by atoms with Crippen LogP contribution in [-0.4, -0.2) is 6.54 Å². The van der Waals surface area contributed by atoms with Gasteiger partial charge in [0.15, 0.2) is 0 Å². The van der Waals surface area contributed by atoms with Crippen molar-refractivity contribution in [3.8, 4) is 0 Å². The molecular weight excluding hydrogens is 202 g/mol. The highest BCUT2D eigenvalue weighted by Crippen LogP contribution is 2.12. The van der Waals surface area contributed by atoms with Gasteiger partial charge in [-0.2, -0.15) is 0 Å². The number of rotatable bonds is 8. The summed E-state index contributed by atoms with van der Waals surface area (Å²) in [4.78, 5) is 1.44. The normalized spacial score (nSPS) is 12.9. The van der Waals surface area contributed by atoms with E-state index in [0.29, 0.717) is 0 Å². The maximum Gasteiger partial charge on any atom is 0.0299 e. The second-order valence-corrected chi connectivity index (χ2v) is 5.16. The van der Waals surface area contributed by atoms with Gasteiger partial charge in [-0.15, -0.1) is 11.3 Å². The molecule has 1 nitrogen and oxygen atoms in total. The predicted molar refractivity (Wildman–Crippen MR) is 69.3 cm³/mol. The second kappa shape index (κ2) is 7.89. The molecule has 0 radical (unpaired) electrons. The molecule has 1 heterocycles. The van der Waals surface area contributed by atoms with Crippen LogP contribution in [-0.2, 0) is 6.54 Å². The molecule has 0 aliphatic rings. The lowest BCUT2D eigenvalue weighted by molar-refractivity contribution is 0.420. The SMILES string of the molecule is CCCCC(CC)CNCc1cccs1. The first-order valence-corrected chi connectivity index (χ1v) is 6.97. The van der Waals surface area contributed by atoms with Crippen molar-refractivity contribution in [3.05, 3.63) is 22.4 Å². The number of thiophene rings is 1. The van der Waals surface area contributed by atoms with Crippen LogP contribution in [0.2, 0.25) is 0 Å². The Morgan fingerprint density at radius 1 is 1.40 bits per heavy atom. The lowest BCUT2D eigenvalue weighted by atomic mass is 9.99. The third kappa shape index (κ3) is 5.33. The van der Waals surface area contributed by atoms with Gasteiger partial charge in [-0.05, 0) is 30.3 Å². The minimum absolute atomic E-state index is 0.866. The summed E-state index contributed by atoms with van der Waals surface area (Å²) in [5.74, 6) is 0.866. The topological polar surface area (TPSA) is 12.0 Å². The van der Waals surface area contributed by atoms with E-state index in [2.05, 4.69) is 36.7 Å². The van der Waals surface area contributed by atoms with Gasteiger partial charge in [0.2, 0.25) is 0 Å². The highest BCUT2D eigenvalue weighted by Gasteiger charge is 2.04.